The minimum Gasteiger partial charge on any atom is -0.493 e. The molecule has 1 heterocycles. The van der Waals surface area contributed by atoms with Gasteiger partial charge >= 0.3 is 5.97 Å². The second-order valence-corrected chi connectivity index (χ2v) is 10.3. The van der Waals surface area contributed by atoms with Gasteiger partial charge in [0.05, 0.1) is 19.3 Å². The zero-order valence-corrected chi connectivity index (χ0v) is 22.6. The molecule has 4 rings (SSSR count). The lowest BCUT2D eigenvalue weighted by Crippen LogP contribution is -2.15. The molecule has 1 aliphatic rings. The topological polar surface area (TPSA) is 73.9 Å². The van der Waals surface area contributed by atoms with E-state index in [1.54, 1.807) is 20.1 Å². The van der Waals surface area contributed by atoms with Gasteiger partial charge in [-0.05, 0) is 79.5 Å². The number of carbonyl (C=O) groups excluding carboxylic acids is 2. The molecule has 0 fully saturated rings. The monoisotopic (exact) mass is 519 g/mol. The average molecular weight is 520 g/mol. The Balaban J connectivity index is 1.46. The van der Waals surface area contributed by atoms with Crippen LogP contribution in [-0.4, -0.2) is 25.6 Å². The van der Waals surface area contributed by atoms with Crippen molar-refractivity contribution in [3.8, 4) is 11.5 Å². The highest BCUT2D eigenvalue weighted by molar-refractivity contribution is 7.17. The molecule has 6 nitrogen and oxygen atoms in total. The molecule has 194 valence electrons. The quantitative estimate of drug-likeness (QED) is 0.255. The molecular weight excluding hydrogens is 486 g/mol. The van der Waals surface area contributed by atoms with Gasteiger partial charge in [0.1, 0.15) is 11.6 Å². The van der Waals surface area contributed by atoms with E-state index in [0.717, 1.165) is 40.8 Å². The van der Waals surface area contributed by atoms with E-state index in [1.165, 1.54) is 23.0 Å². The minimum atomic E-state index is -0.375. The van der Waals surface area contributed by atoms with E-state index in [4.69, 9.17) is 14.2 Å². The number of amides is 1. The highest BCUT2D eigenvalue weighted by atomic mass is 32.1. The summed E-state index contributed by atoms with van der Waals surface area (Å²) in [4.78, 5) is 26.7. The predicted molar refractivity (Wildman–Crippen MR) is 148 cm³/mol. The molecule has 37 heavy (non-hydrogen) atoms. The third kappa shape index (κ3) is 6.41. The summed E-state index contributed by atoms with van der Waals surface area (Å²) in [5.41, 5.74) is 4.59. The van der Waals surface area contributed by atoms with E-state index in [0.29, 0.717) is 41.2 Å². The van der Waals surface area contributed by atoms with Crippen LogP contribution in [0.25, 0.3) is 6.08 Å². The SMILES string of the molecule is CCOC(=O)c1c(NC(=O)/C=C/c2ccc(OCc3ccccc3C)c(OC)c2)sc2c1CCC(C)C2. The number of benzene rings is 2. The van der Waals surface area contributed by atoms with Crippen LogP contribution in [0.15, 0.2) is 48.5 Å². The molecule has 1 unspecified atom stereocenters. The van der Waals surface area contributed by atoms with Crippen LogP contribution in [0.1, 0.15) is 57.8 Å². The Morgan fingerprint density at radius 2 is 1.97 bits per heavy atom. The molecule has 0 bridgehead atoms. The molecular formula is C30H33NO5S. The first-order valence-electron chi connectivity index (χ1n) is 12.6. The van der Waals surface area contributed by atoms with Crippen molar-refractivity contribution < 1.29 is 23.8 Å². The summed E-state index contributed by atoms with van der Waals surface area (Å²) < 4.78 is 16.8. The van der Waals surface area contributed by atoms with E-state index in [-0.39, 0.29) is 11.9 Å². The van der Waals surface area contributed by atoms with E-state index in [9.17, 15) is 9.59 Å². The molecule has 7 heteroatoms. The number of esters is 1. The average Bonchev–Trinajstić information content (AvgIpc) is 3.24. The van der Waals surface area contributed by atoms with Gasteiger partial charge in [0.25, 0.3) is 0 Å². The van der Waals surface area contributed by atoms with E-state index in [2.05, 4.69) is 25.2 Å². The van der Waals surface area contributed by atoms with Crippen LogP contribution < -0.4 is 14.8 Å². The second-order valence-electron chi connectivity index (χ2n) is 9.22. The maximum absolute atomic E-state index is 12.8. The van der Waals surface area contributed by atoms with Gasteiger partial charge < -0.3 is 19.5 Å². The van der Waals surface area contributed by atoms with Gasteiger partial charge in [-0.1, -0.05) is 37.3 Å². The Labute approximate surface area is 222 Å². The van der Waals surface area contributed by atoms with Crippen molar-refractivity contribution in [3.05, 3.63) is 81.2 Å². The molecule has 1 aliphatic carbocycles. The lowest BCUT2D eigenvalue weighted by molar-refractivity contribution is -0.111. The number of hydrogen-bond donors (Lipinski definition) is 1. The number of methoxy groups -OCH3 is 1. The van der Waals surface area contributed by atoms with Gasteiger partial charge in [-0.25, -0.2) is 4.79 Å². The number of thiophene rings is 1. The van der Waals surface area contributed by atoms with E-state index >= 15 is 0 Å². The molecule has 2 aromatic carbocycles. The zero-order chi connectivity index (χ0) is 26.4. The third-order valence-electron chi connectivity index (χ3n) is 6.49. The standard InChI is InChI=1S/C30H33NO5S/c1-5-35-30(33)28-23-13-10-19(2)16-26(23)37-29(28)31-27(32)15-12-21-11-14-24(25(17-21)34-4)36-18-22-9-7-6-8-20(22)3/h6-9,11-12,14-15,17,19H,5,10,13,16,18H2,1-4H3,(H,31,32)/b15-12+. The van der Waals surface area contributed by atoms with E-state index in [1.807, 2.05) is 36.4 Å². The zero-order valence-electron chi connectivity index (χ0n) is 21.8. The first-order chi connectivity index (χ1) is 17.9. The summed E-state index contributed by atoms with van der Waals surface area (Å²) in [6.07, 6.45) is 5.93. The molecule has 3 aromatic rings. The van der Waals surface area contributed by atoms with Crippen molar-refractivity contribution in [1.29, 1.82) is 0 Å². The maximum atomic E-state index is 12.8. The number of hydrogen-bond acceptors (Lipinski definition) is 6. The summed E-state index contributed by atoms with van der Waals surface area (Å²) in [6.45, 7) is 6.77. The van der Waals surface area contributed by atoms with Crippen LogP contribution in [0.5, 0.6) is 11.5 Å². The Kier molecular flexibility index (Phi) is 8.66. The summed E-state index contributed by atoms with van der Waals surface area (Å²) in [6, 6.07) is 13.6. The van der Waals surface area contributed by atoms with Gasteiger partial charge in [0.2, 0.25) is 5.91 Å². The van der Waals surface area contributed by atoms with Crippen molar-refractivity contribution in [2.24, 2.45) is 5.92 Å². The minimum absolute atomic E-state index is 0.291. The predicted octanol–water partition coefficient (Wildman–Crippen LogP) is 6.60. The summed E-state index contributed by atoms with van der Waals surface area (Å²) in [5, 5.41) is 3.47. The Hall–Kier alpha value is -3.58. The number of ether oxygens (including phenoxy) is 3. The first-order valence-corrected chi connectivity index (χ1v) is 13.4. The largest absolute Gasteiger partial charge is 0.493 e. The van der Waals surface area contributed by atoms with Crippen molar-refractivity contribution in [1.82, 2.24) is 0 Å². The highest BCUT2D eigenvalue weighted by Gasteiger charge is 2.28. The van der Waals surface area contributed by atoms with Crippen LogP contribution >= 0.6 is 11.3 Å². The highest BCUT2D eigenvalue weighted by Crippen LogP contribution is 2.40. The van der Waals surface area contributed by atoms with Gasteiger partial charge in [0, 0.05) is 11.0 Å². The normalized spacial score (nSPS) is 14.8. The lowest BCUT2D eigenvalue weighted by atomic mass is 9.88. The summed E-state index contributed by atoms with van der Waals surface area (Å²) >= 11 is 1.48. The molecule has 0 saturated carbocycles. The molecule has 1 aromatic heterocycles. The van der Waals surface area contributed by atoms with Crippen molar-refractivity contribution in [2.45, 2.75) is 46.6 Å². The van der Waals surface area contributed by atoms with Crippen LogP contribution in [0.4, 0.5) is 5.00 Å². The molecule has 0 saturated heterocycles. The number of nitrogens with one attached hydrogen (secondary N) is 1. The molecule has 0 radical (unpaired) electrons. The van der Waals surface area contributed by atoms with Crippen LogP contribution in [0, 0.1) is 12.8 Å². The fourth-order valence-electron chi connectivity index (χ4n) is 4.42. The molecule has 0 aliphatic heterocycles. The summed E-state index contributed by atoms with van der Waals surface area (Å²) in [7, 11) is 1.59. The smallest absolute Gasteiger partial charge is 0.341 e. The van der Waals surface area contributed by atoms with Gasteiger partial charge in [-0.2, -0.15) is 0 Å². The fraction of sp³-hybridized carbons (Fsp3) is 0.333. The van der Waals surface area contributed by atoms with Gasteiger partial charge in [0.15, 0.2) is 11.5 Å². The molecule has 1 atom stereocenters. The summed E-state index contributed by atoms with van der Waals surface area (Å²) in [5.74, 6) is 1.09. The van der Waals surface area contributed by atoms with Gasteiger partial charge in [-0.3, -0.25) is 4.79 Å². The number of aryl methyl sites for hydroxylation is 1. The first kappa shape index (κ1) is 26.5. The Morgan fingerprint density at radius 3 is 2.73 bits per heavy atom. The number of anilines is 1. The van der Waals surface area contributed by atoms with Gasteiger partial charge in [-0.15, -0.1) is 11.3 Å². The van der Waals surface area contributed by atoms with E-state index < -0.39 is 0 Å². The fourth-order valence-corrected chi connectivity index (χ4v) is 5.82. The van der Waals surface area contributed by atoms with Crippen LogP contribution in [0.3, 0.4) is 0 Å². The number of fused-ring (bicyclic) bond motifs is 1. The Morgan fingerprint density at radius 1 is 1.16 bits per heavy atom. The lowest BCUT2D eigenvalue weighted by Gasteiger charge is -2.18. The number of rotatable bonds is 9. The van der Waals surface area contributed by atoms with Crippen molar-refractivity contribution >= 4 is 34.3 Å². The van der Waals surface area contributed by atoms with Crippen LogP contribution in [0.2, 0.25) is 0 Å². The number of carbonyl (C=O) groups is 2. The molecule has 0 spiro atoms. The second kappa shape index (κ2) is 12.1. The van der Waals surface area contributed by atoms with Crippen molar-refractivity contribution in [2.75, 3.05) is 19.0 Å². The van der Waals surface area contributed by atoms with Crippen molar-refractivity contribution in [3.63, 3.8) is 0 Å². The third-order valence-corrected chi connectivity index (χ3v) is 7.66. The van der Waals surface area contributed by atoms with Crippen LogP contribution in [-0.2, 0) is 29.0 Å². The molecule has 1 amide bonds. The molecule has 1 N–H and O–H groups in total. The maximum Gasteiger partial charge on any atom is 0.341 e. The Bertz CT molecular complexity index is 1310.